The molecule has 0 aliphatic heterocycles. The molecule has 0 unspecified atom stereocenters. The Labute approximate surface area is 133 Å². The van der Waals surface area contributed by atoms with Gasteiger partial charge in [0.1, 0.15) is 11.9 Å². The number of carboxylic acid groups (broad SMARTS) is 1. The molecule has 0 saturated heterocycles. The van der Waals surface area contributed by atoms with Crippen LogP contribution < -0.4 is 11.1 Å². The SMILES string of the molecule is N=C(N)c1ccc(C(=O)N[C@H](Cc2ccccc2)C(=O)O)cc1. The molecule has 0 heterocycles. The molecule has 6 heteroatoms. The zero-order valence-electron chi connectivity index (χ0n) is 12.3. The van der Waals surface area contributed by atoms with Gasteiger partial charge in [-0.15, -0.1) is 0 Å². The largest absolute Gasteiger partial charge is 0.480 e. The summed E-state index contributed by atoms with van der Waals surface area (Å²) >= 11 is 0. The van der Waals surface area contributed by atoms with Crippen molar-refractivity contribution in [1.29, 1.82) is 5.41 Å². The van der Waals surface area contributed by atoms with Crippen molar-refractivity contribution in [3.8, 4) is 0 Å². The molecule has 0 saturated carbocycles. The van der Waals surface area contributed by atoms with E-state index in [0.717, 1.165) is 5.56 Å². The number of nitrogen functional groups attached to an aromatic ring is 1. The highest BCUT2D eigenvalue weighted by Crippen LogP contribution is 2.07. The number of nitrogens with one attached hydrogen (secondary N) is 2. The van der Waals surface area contributed by atoms with Crippen LogP contribution in [0, 0.1) is 5.41 Å². The summed E-state index contributed by atoms with van der Waals surface area (Å²) in [6.07, 6.45) is 0.202. The van der Waals surface area contributed by atoms with Crippen molar-refractivity contribution in [3.63, 3.8) is 0 Å². The molecule has 118 valence electrons. The van der Waals surface area contributed by atoms with Crippen LogP contribution in [0.1, 0.15) is 21.5 Å². The van der Waals surface area contributed by atoms with Gasteiger partial charge in [-0.25, -0.2) is 4.79 Å². The third-order valence-electron chi connectivity index (χ3n) is 3.34. The van der Waals surface area contributed by atoms with Crippen molar-refractivity contribution in [1.82, 2.24) is 5.32 Å². The molecule has 1 atom stereocenters. The second-order valence-corrected chi connectivity index (χ2v) is 5.05. The lowest BCUT2D eigenvalue weighted by molar-refractivity contribution is -0.139. The van der Waals surface area contributed by atoms with Crippen LogP contribution in [0.25, 0.3) is 0 Å². The van der Waals surface area contributed by atoms with Crippen molar-refractivity contribution in [2.24, 2.45) is 5.73 Å². The maximum atomic E-state index is 12.2. The standard InChI is InChI=1S/C17H17N3O3/c18-15(19)12-6-8-13(9-7-12)16(21)20-14(17(22)23)10-11-4-2-1-3-5-11/h1-9,14H,10H2,(H3,18,19)(H,20,21)(H,22,23)/t14-/m1/s1. The van der Waals surface area contributed by atoms with Gasteiger partial charge in [0.15, 0.2) is 0 Å². The van der Waals surface area contributed by atoms with Crippen molar-refractivity contribution in [2.75, 3.05) is 0 Å². The summed E-state index contributed by atoms with van der Waals surface area (Å²) in [6, 6.07) is 14.2. The van der Waals surface area contributed by atoms with Crippen LogP contribution in [0.15, 0.2) is 54.6 Å². The summed E-state index contributed by atoms with van der Waals surface area (Å²) in [5, 5.41) is 19.1. The van der Waals surface area contributed by atoms with Crippen LogP contribution in [-0.4, -0.2) is 28.9 Å². The van der Waals surface area contributed by atoms with Crippen LogP contribution in [0.3, 0.4) is 0 Å². The minimum Gasteiger partial charge on any atom is -0.480 e. The second-order valence-electron chi connectivity index (χ2n) is 5.05. The summed E-state index contributed by atoms with van der Waals surface area (Å²) < 4.78 is 0. The van der Waals surface area contributed by atoms with Gasteiger partial charge in [-0.3, -0.25) is 10.2 Å². The van der Waals surface area contributed by atoms with Gasteiger partial charge in [-0.1, -0.05) is 42.5 Å². The Morgan fingerprint density at radius 1 is 1.04 bits per heavy atom. The van der Waals surface area contributed by atoms with Crippen LogP contribution >= 0.6 is 0 Å². The molecule has 0 aliphatic rings. The first-order valence-corrected chi connectivity index (χ1v) is 6.99. The minimum atomic E-state index is -1.09. The molecule has 2 aromatic carbocycles. The van der Waals surface area contributed by atoms with Crippen LogP contribution in [0.5, 0.6) is 0 Å². The highest BCUT2D eigenvalue weighted by Gasteiger charge is 2.21. The van der Waals surface area contributed by atoms with E-state index in [1.165, 1.54) is 12.1 Å². The Balaban J connectivity index is 2.08. The lowest BCUT2D eigenvalue weighted by Gasteiger charge is -2.15. The Morgan fingerprint density at radius 2 is 1.61 bits per heavy atom. The Kier molecular flexibility index (Phi) is 5.09. The molecule has 2 aromatic rings. The second kappa shape index (κ2) is 7.22. The van der Waals surface area contributed by atoms with E-state index in [0.29, 0.717) is 11.1 Å². The van der Waals surface area contributed by atoms with E-state index < -0.39 is 17.9 Å². The van der Waals surface area contributed by atoms with Gasteiger partial charge >= 0.3 is 5.97 Å². The molecule has 1 amide bonds. The molecule has 23 heavy (non-hydrogen) atoms. The van der Waals surface area contributed by atoms with E-state index in [-0.39, 0.29) is 12.3 Å². The molecular weight excluding hydrogens is 294 g/mol. The zero-order valence-corrected chi connectivity index (χ0v) is 12.3. The number of carbonyl (C=O) groups is 2. The number of amidine groups is 1. The molecule has 0 aromatic heterocycles. The molecule has 5 N–H and O–H groups in total. The monoisotopic (exact) mass is 311 g/mol. The summed E-state index contributed by atoms with van der Waals surface area (Å²) in [4.78, 5) is 23.5. The molecule has 0 fully saturated rings. The van der Waals surface area contributed by atoms with E-state index in [1.807, 2.05) is 30.3 Å². The average Bonchev–Trinajstić information content (AvgIpc) is 2.55. The molecule has 0 radical (unpaired) electrons. The predicted octanol–water partition coefficient (Wildman–Crippen LogP) is 1.40. The first-order valence-electron chi connectivity index (χ1n) is 6.99. The quantitative estimate of drug-likeness (QED) is 0.476. The highest BCUT2D eigenvalue weighted by atomic mass is 16.4. The fourth-order valence-electron chi connectivity index (χ4n) is 2.09. The average molecular weight is 311 g/mol. The van der Waals surface area contributed by atoms with Crippen LogP contribution in [-0.2, 0) is 11.2 Å². The first-order chi connectivity index (χ1) is 11.0. The lowest BCUT2D eigenvalue weighted by atomic mass is 10.1. The third kappa shape index (κ3) is 4.41. The maximum absolute atomic E-state index is 12.2. The molecule has 2 rings (SSSR count). The number of hydrogen-bond donors (Lipinski definition) is 4. The molecule has 6 nitrogen and oxygen atoms in total. The summed E-state index contributed by atoms with van der Waals surface area (Å²) in [6.45, 7) is 0. The summed E-state index contributed by atoms with van der Waals surface area (Å²) in [5.41, 5.74) is 6.99. The lowest BCUT2D eigenvalue weighted by Crippen LogP contribution is -2.42. The van der Waals surface area contributed by atoms with Gasteiger partial charge < -0.3 is 16.2 Å². The number of aliphatic carboxylic acids is 1. The van der Waals surface area contributed by atoms with E-state index in [9.17, 15) is 14.7 Å². The molecule has 0 spiro atoms. The van der Waals surface area contributed by atoms with E-state index >= 15 is 0 Å². The van der Waals surface area contributed by atoms with Crippen LogP contribution in [0.4, 0.5) is 0 Å². The molecule has 0 aliphatic carbocycles. The number of carboxylic acids is 1. The van der Waals surface area contributed by atoms with Gasteiger partial charge in [0.25, 0.3) is 5.91 Å². The Bertz CT molecular complexity index is 712. The van der Waals surface area contributed by atoms with Crippen LogP contribution in [0.2, 0.25) is 0 Å². The topological polar surface area (TPSA) is 116 Å². The highest BCUT2D eigenvalue weighted by molar-refractivity contribution is 5.99. The number of rotatable bonds is 6. The smallest absolute Gasteiger partial charge is 0.326 e. The fraction of sp³-hybridized carbons (Fsp3) is 0.118. The summed E-state index contributed by atoms with van der Waals surface area (Å²) in [7, 11) is 0. The van der Waals surface area contributed by atoms with Crippen molar-refractivity contribution < 1.29 is 14.7 Å². The maximum Gasteiger partial charge on any atom is 0.326 e. The molecular formula is C17H17N3O3. The summed E-state index contributed by atoms with van der Waals surface area (Å²) in [5.74, 6) is -1.67. The van der Waals surface area contributed by atoms with Crippen molar-refractivity contribution in [3.05, 3.63) is 71.3 Å². The van der Waals surface area contributed by atoms with Crippen molar-refractivity contribution in [2.45, 2.75) is 12.5 Å². The number of hydrogen-bond acceptors (Lipinski definition) is 3. The Morgan fingerprint density at radius 3 is 2.13 bits per heavy atom. The number of carbonyl (C=O) groups excluding carboxylic acids is 1. The van der Waals surface area contributed by atoms with E-state index in [4.69, 9.17) is 11.1 Å². The number of amides is 1. The van der Waals surface area contributed by atoms with Gasteiger partial charge in [0, 0.05) is 17.5 Å². The fourth-order valence-corrected chi connectivity index (χ4v) is 2.09. The van der Waals surface area contributed by atoms with Gasteiger partial charge in [0.2, 0.25) is 0 Å². The van der Waals surface area contributed by atoms with Gasteiger partial charge in [-0.2, -0.15) is 0 Å². The first kappa shape index (κ1) is 16.2. The third-order valence-corrected chi connectivity index (χ3v) is 3.34. The minimum absolute atomic E-state index is 0.0931. The van der Waals surface area contributed by atoms with Gasteiger partial charge in [0.05, 0.1) is 0 Å². The van der Waals surface area contributed by atoms with Gasteiger partial charge in [-0.05, 0) is 17.7 Å². The number of benzene rings is 2. The van der Waals surface area contributed by atoms with Crippen molar-refractivity contribution >= 4 is 17.7 Å². The van der Waals surface area contributed by atoms with E-state index in [1.54, 1.807) is 12.1 Å². The zero-order chi connectivity index (χ0) is 16.8. The van der Waals surface area contributed by atoms with E-state index in [2.05, 4.69) is 5.32 Å². The predicted molar refractivity (Wildman–Crippen MR) is 86.5 cm³/mol. The normalized spacial score (nSPS) is 11.5. The number of nitrogens with two attached hydrogens (primary N) is 1. The Hall–Kier alpha value is -3.15. The molecule has 0 bridgehead atoms.